The van der Waals surface area contributed by atoms with Crippen LogP contribution in [-0.4, -0.2) is 20.9 Å². The quantitative estimate of drug-likeness (QED) is 0.111. The van der Waals surface area contributed by atoms with Crippen LogP contribution in [0.2, 0.25) is 0 Å². The maximum Gasteiger partial charge on any atom is 0.416 e. The number of aliphatic hydroxyl groups is 1. The van der Waals surface area contributed by atoms with E-state index >= 15 is 0 Å². The molecule has 1 N–H and O–H groups in total. The summed E-state index contributed by atoms with van der Waals surface area (Å²) in [5.41, 5.74) is 2.98. The van der Waals surface area contributed by atoms with Crippen molar-refractivity contribution in [2.24, 2.45) is 0 Å². The van der Waals surface area contributed by atoms with Crippen LogP contribution >= 0.6 is 0 Å². The summed E-state index contributed by atoms with van der Waals surface area (Å²) in [6, 6.07) is 31.2. The summed E-state index contributed by atoms with van der Waals surface area (Å²) < 4.78 is 40.6. The van der Waals surface area contributed by atoms with E-state index in [0.717, 1.165) is 39.2 Å². The number of hydrogen-bond donors (Lipinski definition) is 1. The molecule has 1 aromatic heterocycles. The van der Waals surface area contributed by atoms with E-state index in [2.05, 4.69) is 6.07 Å². The average Bonchev–Trinajstić information content (AvgIpc) is 2.95. The molecule has 0 aliphatic carbocycles. The maximum absolute atomic E-state index is 13.5. The second-order valence-corrected chi connectivity index (χ2v) is 10.0. The summed E-state index contributed by atoms with van der Waals surface area (Å²) in [4.78, 5) is 19.6. The zero-order valence-electron chi connectivity index (χ0n) is 23.5. The molecule has 0 bridgehead atoms. The Kier molecular flexibility index (Phi) is 9.43. The molecule has 0 unspecified atom stereocenters. The summed E-state index contributed by atoms with van der Waals surface area (Å²) in [5, 5.41) is 12.5. The van der Waals surface area contributed by atoms with Crippen LogP contribution in [0.25, 0.3) is 55.1 Å². The van der Waals surface area contributed by atoms with Crippen molar-refractivity contribution in [1.29, 1.82) is 0 Å². The molecule has 1 heterocycles. The van der Waals surface area contributed by atoms with E-state index in [4.69, 9.17) is 15.1 Å². The molecular formula is C35H26F3IrN2O2-. The van der Waals surface area contributed by atoms with E-state index in [1.165, 1.54) is 19.9 Å². The molecule has 6 aromatic rings. The second kappa shape index (κ2) is 12.9. The van der Waals surface area contributed by atoms with Gasteiger partial charge in [0.1, 0.15) is 0 Å². The first-order valence-electron chi connectivity index (χ1n) is 13.2. The standard InChI is InChI=1S/C30H18F3N2.C5H8O2.Ir/c1-18-14-25(30(31,32)33)17-26-27(18)35-29(24-13-11-20-7-3-5-9-22(20)16-24)28(34-26)23-12-10-19-6-2-4-8-21(19)15-23;1-4(6)3-5(2)7;/h2-11,13-17H,1H3;3,6H,1-2H3;/q-1;;. The number of aryl methyl sites for hydroxylation is 1. The zero-order chi connectivity index (χ0) is 30.0. The Labute approximate surface area is 260 Å². The van der Waals surface area contributed by atoms with Gasteiger partial charge in [-0.2, -0.15) is 13.2 Å². The van der Waals surface area contributed by atoms with Gasteiger partial charge in [0.25, 0.3) is 0 Å². The number of hydrogen-bond acceptors (Lipinski definition) is 4. The molecule has 5 aromatic carbocycles. The van der Waals surface area contributed by atoms with E-state index in [-0.39, 0.29) is 37.2 Å². The van der Waals surface area contributed by atoms with Gasteiger partial charge >= 0.3 is 6.18 Å². The number of benzene rings is 5. The van der Waals surface area contributed by atoms with Crippen molar-refractivity contribution in [3.63, 3.8) is 0 Å². The molecule has 43 heavy (non-hydrogen) atoms. The number of nitrogens with zero attached hydrogens (tertiary/aromatic N) is 2. The first kappa shape index (κ1) is 31.5. The minimum absolute atomic E-state index is 0. The van der Waals surface area contributed by atoms with E-state index < -0.39 is 11.7 Å². The molecule has 0 aliphatic heterocycles. The van der Waals surface area contributed by atoms with Crippen molar-refractivity contribution in [2.75, 3.05) is 0 Å². The summed E-state index contributed by atoms with van der Waals surface area (Å²) >= 11 is 0. The predicted octanol–water partition coefficient (Wildman–Crippen LogP) is 9.43. The molecule has 1 radical (unpaired) electrons. The molecule has 0 spiro atoms. The number of rotatable bonds is 3. The fraction of sp³-hybridized carbons (Fsp3) is 0.114. The van der Waals surface area contributed by atoms with Gasteiger partial charge in [-0.3, -0.25) is 14.8 Å². The Morgan fingerprint density at radius 2 is 1.44 bits per heavy atom. The van der Waals surface area contributed by atoms with Gasteiger partial charge < -0.3 is 5.11 Å². The number of allylic oxidation sites excluding steroid dienone is 2. The molecule has 0 fully saturated rings. The predicted molar refractivity (Wildman–Crippen MR) is 161 cm³/mol. The van der Waals surface area contributed by atoms with E-state index in [1.807, 2.05) is 78.9 Å². The SMILES string of the molecule is CC(=O)C=C(C)O.Cc1cc(C(F)(F)F)cc2nc(-c3[c-]cc4ccccc4c3)c(-c3ccc4ccccc4c3)nc12.[Ir]. The Balaban J connectivity index is 0.000000475. The van der Waals surface area contributed by atoms with Gasteiger partial charge in [0.2, 0.25) is 0 Å². The molecule has 8 heteroatoms. The van der Waals surface area contributed by atoms with Gasteiger partial charge in [0.15, 0.2) is 5.78 Å². The Morgan fingerprint density at radius 3 is 2.05 bits per heavy atom. The van der Waals surface area contributed by atoms with Crippen LogP contribution in [0.3, 0.4) is 0 Å². The van der Waals surface area contributed by atoms with Crippen molar-refractivity contribution in [3.8, 4) is 22.5 Å². The van der Waals surface area contributed by atoms with Crippen molar-refractivity contribution >= 4 is 38.4 Å². The van der Waals surface area contributed by atoms with Gasteiger partial charge in [-0.15, -0.1) is 29.1 Å². The number of fused-ring (bicyclic) bond motifs is 3. The summed E-state index contributed by atoms with van der Waals surface area (Å²) in [6.07, 6.45) is -3.30. The van der Waals surface area contributed by atoms with Crippen LogP contribution in [0.4, 0.5) is 13.2 Å². The minimum Gasteiger partial charge on any atom is -0.512 e. The van der Waals surface area contributed by atoms with Gasteiger partial charge in [-0.25, -0.2) is 0 Å². The van der Waals surface area contributed by atoms with Gasteiger partial charge in [-0.1, -0.05) is 66.0 Å². The average molecular weight is 756 g/mol. The molecular weight excluding hydrogens is 730 g/mol. The minimum atomic E-state index is -4.47. The van der Waals surface area contributed by atoms with Gasteiger partial charge in [-0.05, 0) is 60.9 Å². The van der Waals surface area contributed by atoms with Gasteiger partial charge in [0.05, 0.1) is 28.0 Å². The zero-order valence-corrected chi connectivity index (χ0v) is 25.8. The second-order valence-electron chi connectivity index (χ2n) is 10.0. The largest absolute Gasteiger partial charge is 0.512 e. The van der Waals surface area contributed by atoms with Crippen LogP contribution in [0.1, 0.15) is 25.0 Å². The van der Waals surface area contributed by atoms with Crippen LogP contribution in [0.5, 0.6) is 0 Å². The van der Waals surface area contributed by atoms with Crippen molar-refractivity contribution in [1.82, 2.24) is 9.97 Å². The number of halogens is 3. The number of aliphatic hydroxyl groups excluding tert-OH is 1. The summed E-state index contributed by atoms with van der Waals surface area (Å²) in [7, 11) is 0. The number of carbonyl (C=O) groups is 1. The number of carbonyl (C=O) groups excluding carboxylic acids is 1. The molecule has 219 valence electrons. The molecule has 0 atom stereocenters. The smallest absolute Gasteiger partial charge is 0.416 e. The van der Waals surface area contributed by atoms with E-state index in [0.29, 0.717) is 28.0 Å². The molecule has 0 saturated heterocycles. The monoisotopic (exact) mass is 756 g/mol. The van der Waals surface area contributed by atoms with Crippen molar-refractivity contribution in [2.45, 2.75) is 26.9 Å². The van der Waals surface area contributed by atoms with Crippen molar-refractivity contribution in [3.05, 3.63) is 120 Å². The third-order valence-corrected chi connectivity index (χ3v) is 6.66. The van der Waals surface area contributed by atoms with Crippen LogP contribution in [0, 0.1) is 13.0 Å². The molecule has 0 aliphatic rings. The third kappa shape index (κ3) is 7.16. The first-order valence-corrected chi connectivity index (χ1v) is 13.2. The van der Waals surface area contributed by atoms with E-state index in [1.54, 1.807) is 6.92 Å². The normalized spacial score (nSPS) is 11.6. The van der Waals surface area contributed by atoms with Crippen LogP contribution in [-0.2, 0) is 31.1 Å². The molecule has 6 rings (SSSR count). The molecule has 4 nitrogen and oxygen atoms in total. The summed E-state index contributed by atoms with van der Waals surface area (Å²) in [6.45, 7) is 4.49. The third-order valence-electron chi connectivity index (χ3n) is 6.66. The summed E-state index contributed by atoms with van der Waals surface area (Å²) in [5.74, 6) is -0.0625. The number of aromatic nitrogens is 2. The molecule has 0 amide bonds. The fourth-order valence-corrected chi connectivity index (χ4v) is 4.78. The Bertz CT molecular complexity index is 2000. The Hall–Kier alpha value is -4.39. The number of ketones is 1. The molecule has 0 saturated carbocycles. The van der Waals surface area contributed by atoms with Gasteiger partial charge in [0, 0.05) is 31.9 Å². The fourth-order valence-electron chi connectivity index (χ4n) is 4.78. The Morgan fingerprint density at radius 1 is 0.814 bits per heavy atom. The van der Waals surface area contributed by atoms with Crippen molar-refractivity contribution < 1.29 is 43.2 Å². The van der Waals surface area contributed by atoms with Crippen LogP contribution < -0.4 is 0 Å². The van der Waals surface area contributed by atoms with Crippen LogP contribution in [0.15, 0.2) is 103 Å². The number of alkyl halides is 3. The topological polar surface area (TPSA) is 63.1 Å². The first-order chi connectivity index (χ1) is 20.0. The maximum atomic E-state index is 13.5. The van der Waals surface area contributed by atoms with E-state index in [9.17, 15) is 18.0 Å².